The van der Waals surface area contributed by atoms with Crippen molar-refractivity contribution in [2.45, 2.75) is 19.6 Å². The predicted octanol–water partition coefficient (Wildman–Crippen LogP) is 3.12. The molecule has 0 atom stereocenters. The van der Waals surface area contributed by atoms with Crippen LogP contribution in [0.3, 0.4) is 0 Å². The molecule has 0 fully saturated rings. The Balaban J connectivity index is 1.22. The minimum absolute atomic E-state index is 0.211. The molecular formula is C22H22N6O. The molecule has 0 spiro atoms. The number of carbonyl (C=O) groups excluding carboxylic acids is 1. The summed E-state index contributed by atoms with van der Waals surface area (Å²) in [7, 11) is 0. The third kappa shape index (κ3) is 5.10. The summed E-state index contributed by atoms with van der Waals surface area (Å²) in [6, 6.07) is 19.7. The van der Waals surface area contributed by atoms with Gasteiger partial charge in [0.1, 0.15) is 0 Å². The van der Waals surface area contributed by atoms with E-state index in [0.717, 1.165) is 16.8 Å². The molecular weight excluding hydrogens is 364 g/mol. The van der Waals surface area contributed by atoms with Crippen LogP contribution in [0, 0.1) is 0 Å². The number of urea groups is 1. The summed E-state index contributed by atoms with van der Waals surface area (Å²) in [4.78, 5) is 12.1. The van der Waals surface area contributed by atoms with Gasteiger partial charge in [-0.2, -0.15) is 10.2 Å². The number of carbonyl (C=O) groups is 1. The number of benzene rings is 2. The van der Waals surface area contributed by atoms with Crippen molar-refractivity contribution in [2.75, 3.05) is 0 Å². The first-order chi connectivity index (χ1) is 14.3. The number of rotatable bonds is 7. The van der Waals surface area contributed by atoms with Crippen molar-refractivity contribution >= 4 is 6.03 Å². The van der Waals surface area contributed by atoms with Gasteiger partial charge in [-0.15, -0.1) is 0 Å². The molecule has 0 radical (unpaired) electrons. The second kappa shape index (κ2) is 8.88. The zero-order chi connectivity index (χ0) is 19.9. The fraction of sp³-hybridized carbons (Fsp3) is 0.136. The molecule has 0 unspecified atom stereocenters. The number of amides is 2. The Kier molecular flexibility index (Phi) is 5.66. The molecule has 2 aromatic heterocycles. The average Bonchev–Trinajstić information content (AvgIpc) is 3.44. The van der Waals surface area contributed by atoms with E-state index in [9.17, 15) is 4.79 Å². The largest absolute Gasteiger partial charge is 0.334 e. The molecule has 4 rings (SSSR count). The molecule has 29 heavy (non-hydrogen) atoms. The standard InChI is InChI=1S/C22H22N6O/c29-22(23-13-18-7-9-21(10-8-18)28-12-4-11-25-28)24-14-20-15-26-27(17-20)16-19-5-2-1-3-6-19/h1-12,15,17H,13-14,16H2,(H2,23,24,29). The monoisotopic (exact) mass is 386 g/mol. The molecule has 0 aliphatic carbocycles. The van der Waals surface area contributed by atoms with Crippen LogP contribution in [0.25, 0.3) is 5.69 Å². The highest BCUT2D eigenvalue weighted by molar-refractivity contribution is 5.73. The van der Waals surface area contributed by atoms with Crippen molar-refractivity contribution in [3.8, 4) is 5.69 Å². The van der Waals surface area contributed by atoms with E-state index in [1.165, 1.54) is 5.56 Å². The molecule has 0 saturated heterocycles. The summed E-state index contributed by atoms with van der Waals surface area (Å²) in [6.07, 6.45) is 7.35. The normalized spacial score (nSPS) is 10.6. The first kappa shape index (κ1) is 18.5. The van der Waals surface area contributed by atoms with Crippen LogP contribution in [0.5, 0.6) is 0 Å². The predicted molar refractivity (Wildman–Crippen MR) is 110 cm³/mol. The van der Waals surface area contributed by atoms with Gasteiger partial charge in [0.25, 0.3) is 0 Å². The molecule has 7 nitrogen and oxygen atoms in total. The molecule has 0 bridgehead atoms. The molecule has 2 aromatic carbocycles. The van der Waals surface area contributed by atoms with E-state index < -0.39 is 0 Å². The van der Waals surface area contributed by atoms with Gasteiger partial charge in [-0.05, 0) is 29.3 Å². The van der Waals surface area contributed by atoms with Gasteiger partial charge >= 0.3 is 6.03 Å². The van der Waals surface area contributed by atoms with Crippen LogP contribution in [0.1, 0.15) is 16.7 Å². The van der Waals surface area contributed by atoms with Gasteiger partial charge in [0.05, 0.1) is 18.4 Å². The van der Waals surface area contributed by atoms with Crippen molar-refractivity contribution in [3.05, 3.63) is 102 Å². The SMILES string of the molecule is O=C(NCc1ccc(-n2cccn2)cc1)NCc1cnn(Cc2ccccc2)c1. The van der Waals surface area contributed by atoms with Crippen molar-refractivity contribution in [1.82, 2.24) is 30.2 Å². The van der Waals surface area contributed by atoms with Crippen molar-refractivity contribution in [2.24, 2.45) is 0 Å². The Hall–Kier alpha value is -3.87. The first-order valence-corrected chi connectivity index (χ1v) is 9.42. The Morgan fingerprint density at radius 1 is 0.828 bits per heavy atom. The highest BCUT2D eigenvalue weighted by atomic mass is 16.2. The number of nitrogens with one attached hydrogen (secondary N) is 2. The van der Waals surface area contributed by atoms with E-state index >= 15 is 0 Å². The third-order valence-corrected chi connectivity index (χ3v) is 4.49. The maximum Gasteiger partial charge on any atom is 0.315 e. The van der Waals surface area contributed by atoms with Crippen molar-refractivity contribution in [1.29, 1.82) is 0 Å². The van der Waals surface area contributed by atoms with Crippen LogP contribution in [0.4, 0.5) is 4.79 Å². The Labute approximate surface area is 169 Å². The van der Waals surface area contributed by atoms with Crippen LogP contribution < -0.4 is 10.6 Å². The minimum Gasteiger partial charge on any atom is -0.334 e. The summed E-state index contributed by atoms with van der Waals surface area (Å²) in [5.74, 6) is 0. The lowest BCUT2D eigenvalue weighted by Gasteiger charge is -2.08. The molecule has 2 N–H and O–H groups in total. The van der Waals surface area contributed by atoms with Crippen LogP contribution >= 0.6 is 0 Å². The van der Waals surface area contributed by atoms with E-state index in [0.29, 0.717) is 19.6 Å². The van der Waals surface area contributed by atoms with Crippen molar-refractivity contribution in [3.63, 3.8) is 0 Å². The quantitative estimate of drug-likeness (QED) is 0.512. The van der Waals surface area contributed by atoms with Crippen LogP contribution in [0.15, 0.2) is 85.5 Å². The third-order valence-electron chi connectivity index (χ3n) is 4.49. The molecule has 0 saturated carbocycles. The van der Waals surface area contributed by atoms with E-state index in [4.69, 9.17) is 0 Å². The van der Waals surface area contributed by atoms with E-state index in [1.807, 2.05) is 65.6 Å². The highest BCUT2D eigenvalue weighted by Crippen LogP contribution is 2.08. The van der Waals surface area contributed by atoms with Gasteiger partial charge in [0.2, 0.25) is 0 Å². The topological polar surface area (TPSA) is 76.8 Å². The summed E-state index contributed by atoms with van der Waals surface area (Å²) in [6.45, 7) is 1.60. The van der Waals surface area contributed by atoms with Gasteiger partial charge in [-0.1, -0.05) is 42.5 Å². The van der Waals surface area contributed by atoms with Gasteiger partial charge in [-0.3, -0.25) is 4.68 Å². The highest BCUT2D eigenvalue weighted by Gasteiger charge is 2.04. The summed E-state index contributed by atoms with van der Waals surface area (Å²) in [5.41, 5.74) is 4.15. The number of hydrogen-bond acceptors (Lipinski definition) is 3. The molecule has 0 aliphatic rings. The van der Waals surface area contributed by atoms with Crippen molar-refractivity contribution < 1.29 is 4.79 Å². The van der Waals surface area contributed by atoms with Gasteiger partial charge < -0.3 is 10.6 Å². The molecule has 7 heteroatoms. The summed E-state index contributed by atoms with van der Waals surface area (Å²) < 4.78 is 3.66. The van der Waals surface area contributed by atoms with Gasteiger partial charge in [-0.25, -0.2) is 9.48 Å². The molecule has 0 aliphatic heterocycles. The summed E-state index contributed by atoms with van der Waals surface area (Å²) in [5, 5.41) is 14.3. The van der Waals surface area contributed by atoms with Gasteiger partial charge in [0.15, 0.2) is 0 Å². The average molecular weight is 386 g/mol. The van der Waals surface area contributed by atoms with Crippen LogP contribution in [0.2, 0.25) is 0 Å². The maximum atomic E-state index is 12.1. The van der Waals surface area contributed by atoms with Gasteiger partial charge in [0, 0.05) is 37.2 Å². The fourth-order valence-corrected chi connectivity index (χ4v) is 2.97. The first-order valence-electron chi connectivity index (χ1n) is 9.42. The number of hydrogen-bond donors (Lipinski definition) is 2. The zero-order valence-electron chi connectivity index (χ0n) is 15.9. The smallest absolute Gasteiger partial charge is 0.315 e. The van der Waals surface area contributed by atoms with Crippen LogP contribution in [-0.2, 0) is 19.6 Å². The lowest BCUT2D eigenvalue weighted by atomic mass is 10.2. The van der Waals surface area contributed by atoms with E-state index in [-0.39, 0.29) is 6.03 Å². The fourth-order valence-electron chi connectivity index (χ4n) is 2.97. The molecule has 2 amide bonds. The lowest BCUT2D eigenvalue weighted by Crippen LogP contribution is -2.34. The zero-order valence-corrected chi connectivity index (χ0v) is 15.9. The second-order valence-electron chi connectivity index (χ2n) is 6.69. The molecule has 4 aromatic rings. The Bertz CT molecular complexity index is 1040. The van der Waals surface area contributed by atoms with E-state index in [1.54, 1.807) is 17.1 Å². The van der Waals surface area contributed by atoms with Crippen LogP contribution in [-0.4, -0.2) is 25.6 Å². The lowest BCUT2D eigenvalue weighted by molar-refractivity contribution is 0.240. The number of aromatic nitrogens is 4. The Morgan fingerprint density at radius 2 is 1.59 bits per heavy atom. The summed E-state index contributed by atoms with van der Waals surface area (Å²) >= 11 is 0. The molecule has 146 valence electrons. The molecule has 2 heterocycles. The second-order valence-corrected chi connectivity index (χ2v) is 6.69. The number of nitrogens with zero attached hydrogens (tertiary/aromatic N) is 4. The minimum atomic E-state index is -0.211. The van der Waals surface area contributed by atoms with E-state index in [2.05, 4.69) is 33.0 Å². The Morgan fingerprint density at radius 3 is 2.31 bits per heavy atom. The maximum absolute atomic E-state index is 12.1.